The highest BCUT2D eigenvalue weighted by atomic mass is 16.7. The quantitative estimate of drug-likeness (QED) is 0.134. The zero-order chi connectivity index (χ0) is 30.1. The molecule has 6 nitrogen and oxygen atoms in total. The van der Waals surface area contributed by atoms with Crippen LogP contribution in [0.5, 0.6) is 0 Å². The number of esters is 2. The Balaban J connectivity index is 1.25. The van der Waals surface area contributed by atoms with Gasteiger partial charge in [0.2, 0.25) is 6.29 Å². The van der Waals surface area contributed by atoms with E-state index in [-0.39, 0.29) is 5.78 Å². The van der Waals surface area contributed by atoms with Crippen molar-refractivity contribution in [2.75, 3.05) is 19.6 Å². The van der Waals surface area contributed by atoms with Crippen molar-refractivity contribution in [1.82, 2.24) is 4.90 Å². The van der Waals surface area contributed by atoms with Crippen molar-refractivity contribution >= 4 is 17.7 Å². The number of carbonyl (C=O) groups is 3. The van der Waals surface area contributed by atoms with Crippen LogP contribution in [0.15, 0.2) is 84.9 Å². The molecule has 0 bridgehead atoms. The molecule has 1 unspecified atom stereocenters. The molecule has 1 heterocycles. The standard InChI is InChI=1S/C36H43NO5/c1-26(38)41-27(2)42-35(40)36(3,4)32-19-17-28(18-20-32)33(39)16-11-23-37-24-21-31(22-25-37)34(29-12-7-5-8-13-29)30-14-9-6-10-15-30/h5-10,12-15,17-20,27,31,34H,11,16,21-25H2,1-4H3. The summed E-state index contributed by atoms with van der Waals surface area (Å²) in [5, 5.41) is 0. The molecule has 222 valence electrons. The molecule has 0 saturated carbocycles. The molecule has 0 aromatic heterocycles. The molecule has 3 aromatic rings. The van der Waals surface area contributed by atoms with Gasteiger partial charge in [-0.1, -0.05) is 84.9 Å². The van der Waals surface area contributed by atoms with Gasteiger partial charge in [0.05, 0.1) is 5.41 Å². The molecule has 1 aliphatic rings. The minimum Gasteiger partial charge on any atom is -0.426 e. The highest BCUT2D eigenvalue weighted by Crippen LogP contribution is 2.38. The Kier molecular flexibility index (Phi) is 10.7. The smallest absolute Gasteiger partial charge is 0.319 e. The minimum absolute atomic E-state index is 0.105. The second-order valence-corrected chi connectivity index (χ2v) is 11.8. The second kappa shape index (κ2) is 14.4. The lowest BCUT2D eigenvalue weighted by Crippen LogP contribution is -2.36. The average Bonchev–Trinajstić information content (AvgIpc) is 2.99. The molecule has 0 spiro atoms. The largest absolute Gasteiger partial charge is 0.426 e. The third kappa shape index (κ3) is 8.16. The van der Waals surface area contributed by atoms with Crippen LogP contribution in [-0.2, 0) is 24.5 Å². The van der Waals surface area contributed by atoms with E-state index in [1.807, 2.05) is 0 Å². The van der Waals surface area contributed by atoms with E-state index in [2.05, 4.69) is 65.6 Å². The van der Waals surface area contributed by atoms with Crippen molar-refractivity contribution in [2.24, 2.45) is 5.92 Å². The SMILES string of the molecule is CC(=O)OC(C)OC(=O)C(C)(C)c1ccc(C(=O)CCCN2CCC(C(c3ccccc3)c3ccccc3)CC2)cc1. The summed E-state index contributed by atoms with van der Waals surface area (Å²) < 4.78 is 10.2. The maximum Gasteiger partial charge on any atom is 0.319 e. The van der Waals surface area contributed by atoms with Gasteiger partial charge in [-0.2, -0.15) is 0 Å². The van der Waals surface area contributed by atoms with Gasteiger partial charge in [-0.05, 0) is 75.4 Å². The highest BCUT2D eigenvalue weighted by molar-refractivity contribution is 5.96. The summed E-state index contributed by atoms with van der Waals surface area (Å²) in [4.78, 5) is 39.2. The van der Waals surface area contributed by atoms with Crippen LogP contribution in [-0.4, -0.2) is 48.5 Å². The predicted octanol–water partition coefficient (Wildman–Crippen LogP) is 6.92. The first kappa shape index (κ1) is 31.2. The van der Waals surface area contributed by atoms with Gasteiger partial charge < -0.3 is 14.4 Å². The van der Waals surface area contributed by atoms with Gasteiger partial charge >= 0.3 is 11.9 Å². The highest BCUT2D eigenvalue weighted by Gasteiger charge is 2.33. The first-order valence-corrected chi connectivity index (χ1v) is 15.0. The number of benzene rings is 3. The third-order valence-corrected chi connectivity index (χ3v) is 8.34. The molecule has 6 heteroatoms. The molecule has 0 aliphatic carbocycles. The molecule has 4 rings (SSSR count). The van der Waals surface area contributed by atoms with Crippen molar-refractivity contribution in [3.05, 3.63) is 107 Å². The molecule has 0 amide bonds. The van der Waals surface area contributed by atoms with E-state index in [1.165, 1.54) is 25.0 Å². The van der Waals surface area contributed by atoms with Crippen molar-refractivity contribution in [1.29, 1.82) is 0 Å². The van der Waals surface area contributed by atoms with Gasteiger partial charge in [-0.3, -0.25) is 14.4 Å². The van der Waals surface area contributed by atoms with Crippen molar-refractivity contribution in [3.63, 3.8) is 0 Å². The third-order valence-electron chi connectivity index (χ3n) is 8.34. The molecular weight excluding hydrogens is 526 g/mol. The maximum absolute atomic E-state index is 12.9. The molecule has 1 atom stereocenters. The number of piperidine rings is 1. The van der Waals surface area contributed by atoms with Crippen LogP contribution in [0.2, 0.25) is 0 Å². The fourth-order valence-electron chi connectivity index (χ4n) is 5.92. The lowest BCUT2D eigenvalue weighted by Gasteiger charge is -2.36. The number of carbonyl (C=O) groups excluding carboxylic acids is 3. The Morgan fingerprint density at radius 2 is 1.38 bits per heavy atom. The van der Waals surface area contributed by atoms with Crippen LogP contribution in [0.4, 0.5) is 0 Å². The summed E-state index contributed by atoms with van der Waals surface area (Å²) in [6.45, 7) is 9.27. The van der Waals surface area contributed by atoms with Crippen molar-refractivity contribution < 1.29 is 23.9 Å². The molecule has 3 aromatic carbocycles. The van der Waals surface area contributed by atoms with Gasteiger partial charge in [0.25, 0.3) is 0 Å². The average molecular weight is 570 g/mol. The molecule has 1 aliphatic heterocycles. The number of Topliss-reactive ketones (excluding diaryl/α,β-unsaturated/α-hetero) is 1. The van der Waals surface area contributed by atoms with Crippen LogP contribution in [0.1, 0.15) is 86.3 Å². The first-order chi connectivity index (χ1) is 20.1. The van der Waals surface area contributed by atoms with Gasteiger partial charge in [0, 0.05) is 31.7 Å². The van der Waals surface area contributed by atoms with E-state index in [0.717, 1.165) is 44.5 Å². The van der Waals surface area contributed by atoms with Gasteiger partial charge in [0.15, 0.2) is 5.78 Å². The van der Waals surface area contributed by atoms with Crippen LogP contribution in [0.25, 0.3) is 0 Å². The molecule has 1 saturated heterocycles. The van der Waals surface area contributed by atoms with Crippen LogP contribution >= 0.6 is 0 Å². The number of rotatable bonds is 12. The number of ether oxygens (including phenoxy) is 2. The van der Waals surface area contributed by atoms with E-state index in [0.29, 0.717) is 23.8 Å². The van der Waals surface area contributed by atoms with E-state index in [4.69, 9.17) is 9.47 Å². The Morgan fingerprint density at radius 3 is 1.90 bits per heavy atom. The van der Waals surface area contributed by atoms with E-state index in [9.17, 15) is 14.4 Å². The van der Waals surface area contributed by atoms with Crippen LogP contribution < -0.4 is 0 Å². The second-order valence-electron chi connectivity index (χ2n) is 11.8. The number of hydrogen-bond acceptors (Lipinski definition) is 6. The number of nitrogens with zero attached hydrogens (tertiary/aromatic N) is 1. The minimum atomic E-state index is -0.963. The fraction of sp³-hybridized carbons (Fsp3) is 0.417. The molecular formula is C36H43NO5. The summed E-state index contributed by atoms with van der Waals surface area (Å²) in [6.07, 6.45) is 2.62. The molecule has 42 heavy (non-hydrogen) atoms. The van der Waals surface area contributed by atoms with Crippen LogP contribution in [0, 0.1) is 5.92 Å². The van der Waals surface area contributed by atoms with Crippen LogP contribution in [0.3, 0.4) is 0 Å². The molecule has 0 N–H and O–H groups in total. The lowest BCUT2D eigenvalue weighted by molar-refractivity contribution is -0.186. The Morgan fingerprint density at radius 1 is 0.833 bits per heavy atom. The topological polar surface area (TPSA) is 72.9 Å². The van der Waals surface area contributed by atoms with Crippen molar-refractivity contribution in [2.45, 2.75) is 71.0 Å². The van der Waals surface area contributed by atoms with E-state index in [1.54, 1.807) is 38.1 Å². The summed E-state index contributed by atoms with van der Waals surface area (Å²) in [5.41, 5.74) is 3.18. The molecule has 1 fully saturated rings. The fourth-order valence-corrected chi connectivity index (χ4v) is 5.92. The Labute approximate surface area is 250 Å². The van der Waals surface area contributed by atoms with E-state index >= 15 is 0 Å². The van der Waals surface area contributed by atoms with Crippen molar-refractivity contribution in [3.8, 4) is 0 Å². The Bertz CT molecular complexity index is 1270. The lowest BCUT2D eigenvalue weighted by atomic mass is 9.76. The molecule has 0 radical (unpaired) electrons. The maximum atomic E-state index is 12.9. The van der Waals surface area contributed by atoms with Gasteiger partial charge in [-0.25, -0.2) is 0 Å². The number of hydrogen-bond donors (Lipinski definition) is 0. The predicted molar refractivity (Wildman–Crippen MR) is 164 cm³/mol. The zero-order valence-electron chi connectivity index (χ0n) is 25.3. The van der Waals surface area contributed by atoms with E-state index < -0.39 is 23.6 Å². The first-order valence-electron chi connectivity index (χ1n) is 15.0. The zero-order valence-corrected chi connectivity index (χ0v) is 25.3. The Hall–Kier alpha value is -3.77. The summed E-state index contributed by atoms with van der Waals surface area (Å²) >= 11 is 0. The van der Waals surface area contributed by atoms with Gasteiger partial charge in [-0.15, -0.1) is 0 Å². The normalized spacial score (nSPS) is 15.3. The monoisotopic (exact) mass is 569 g/mol. The summed E-state index contributed by atoms with van der Waals surface area (Å²) in [5.74, 6) is 0.0903. The van der Waals surface area contributed by atoms with Gasteiger partial charge in [0.1, 0.15) is 0 Å². The summed E-state index contributed by atoms with van der Waals surface area (Å²) in [7, 11) is 0. The number of ketones is 1. The summed E-state index contributed by atoms with van der Waals surface area (Å²) in [6, 6.07) is 28.9. The number of likely N-dealkylation sites (tertiary alicyclic amines) is 1.